The second-order valence-electron chi connectivity index (χ2n) is 7.61. The van der Waals surface area contributed by atoms with Crippen molar-refractivity contribution >= 4 is 28.8 Å². The lowest BCUT2D eigenvalue weighted by Gasteiger charge is -2.33. The number of carbonyl (C=O) groups is 2. The van der Waals surface area contributed by atoms with E-state index in [4.69, 9.17) is 4.74 Å². The standard InChI is InChI=1S/C23H23FN4O3S/c1-15(31-19-10-3-2-4-11-19)23(30)28-12-6-7-16(14-28)21-26-27-22(32-21)20(29)25-18-9-5-8-17(24)13-18/h2-5,8-11,13,15-16H,6-7,12,14H2,1H3,(H,25,29). The molecule has 2 amide bonds. The molecule has 1 aliphatic heterocycles. The highest BCUT2D eigenvalue weighted by Crippen LogP contribution is 2.30. The van der Waals surface area contributed by atoms with Gasteiger partial charge in [0.15, 0.2) is 6.10 Å². The maximum atomic E-state index is 13.3. The van der Waals surface area contributed by atoms with Gasteiger partial charge in [-0.1, -0.05) is 35.6 Å². The number of piperidine rings is 1. The van der Waals surface area contributed by atoms with Crippen molar-refractivity contribution in [1.29, 1.82) is 0 Å². The molecule has 3 aromatic rings. The second kappa shape index (κ2) is 9.86. The summed E-state index contributed by atoms with van der Waals surface area (Å²) in [7, 11) is 0. The van der Waals surface area contributed by atoms with Crippen molar-refractivity contribution in [3.8, 4) is 5.75 Å². The molecule has 0 bridgehead atoms. The first-order valence-corrected chi connectivity index (χ1v) is 11.2. The van der Waals surface area contributed by atoms with Gasteiger partial charge in [0.1, 0.15) is 16.6 Å². The van der Waals surface area contributed by atoms with Gasteiger partial charge in [-0.3, -0.25) is 9.59 Å². The van der Waals surface area contributed by atoms with Crippen LogP contribution in [0.4, 0.5) is 10.1 Å². The number of rotatable bonds is 6. The molecule has 2 aromatic carbocycles. The van der Waals surface area contributed by atoms with E-state index in [1.165, 1.54) is 29.5 Å². The smallest absolute Gasteiger partial charge is 0.286 e. The Morgan fingerprint density at radius 1 is 1.19 bits per heavy atom. The Bertz CT molecular complexity index is 1090. The van der Waals surface area contributed by atoms with Gasteiger partial charge in [0, 0.05) is 24.7 Å². The van der Waals surface area contributed by atoms with Gasteiger partial charge in [-0.2, -0.15) is 0 Å². The van der Waals surface area contributed by atoms with E-state index in [9.17, 15) is 14.0 Å². The van der Waals surface area contributed by atoms with Crippen LogP contribution in [0.25, 0.3) is 0 Å². The number of nitrogens with one attached hydrogen (secondary N) is 1. The predicted octanol–water partition coefficient (Wildman–Crippen LogP) is 4.10. The maximum absolute atomic E-state index is 13.3. The molecule has 1 saturated heterocycles. The van der Waals surface area contributed by atoms with Crippen LogP contribution < -0.4 is 10.1 Å². The second-order valence-corrected chi connectivity index (χ2v) is 8.62. The molecule has 4 rings (SSSR count). The number of aromatic nitrogens is 2. The van der Waals surface area contributed by atoms with E-state index in [0.29, 0.717) is 29.5 Å². The number of ether oxygens (including phenoxy) is 1. The zero-order chi connectivity index (χ0) is 22.5. The van der Waals surface area contributed by atoms with Crippen LogP contribution in [-0.2, 0) is 4.79 Å². The number of likely N-dealkylation sites (tertiary alicyclic amines) is 1. The number of halogens is 1. The number of carbonyl (C=O) groups excluding carboxylic acids is 2. The molecule has 0 radical (unpaired) electrons. The summed E-state index contributed by atoms with van der Waals surface area (Å²) >= 11 is 1.20. The summed E-state index contributed by atoms with van der Waals surface area (Å²) in [6, 6.07) is 14.9. The van der Waals surface area contributed by atoms with Crippen molar-refractivity contribution in [2.75, 3.05) is 18.4 Å². The van der Waals surface area contributed by atoms with Crippen LogP contribution in [0, 0.1) is 5.82 Å². The molecule has 9 heteroatoms. The average Bonchev–Trinajstić information content (AvgIpc) is 3.30. The van der Waals surface area contributed by atoms with Gasteiger partial charge in [-0.25, -0.2) is 4.39 Å². The Hall–Kier alpha value is -3.33. The van der Waals surface area contributed by atoms with Crippen LogP contribution >= 0.6 is 11.3 Å². The fourth-order valence-corrected chi connectivity index (χ4v) is 4.50. The summed E-state index contributed by atoms with van der Waals surface area (Å²) in [5, 5.41) is 11.7. The Morgan fingerprint density at radius 3 is 2.78 bits per heavy atom. The van der Waals surface area contributed by atoms with Gasteiger partial charge in [-0.05, 0) is 50.1 Å². The fraction of sp³-hybridized carbons (Fsp3) is 0.304. The minimum absolute atomic E-state index is 0.00449. The van der Waals surface area contributed by atoms with Crippen LogP contribution in [-0.4, -0.2) is 46.1 Å². The zero-order valence-electron chi connectivity index (χ0n) is 17.5. The van der Waals surface area contributed by atoms with Crippen LogP contribution in [0.5, 0.6) is 5.75 Å². The number of nitrogens with zero attached hydrogens (tertiary/aromatic N) is 3. The first-order valence-electron chi connectivity index (χ1n) is 10.4. The summed E-state index contributed by atoms with van der Waals surface area (Å²) < 4.78 is 19.1. The van der Waals surface area contributed by atoms with Gasteiger partial charge in [0.05, 0.1) is 0 Å². The molecule has 1 aromatic heterocycles. The number of hydrogen-bond acceptors (Lipinski definition) is 6. The van der Waals surface area contributed by atoms with Crippen LogP contribution in [0.3, 0.4) is 0 Å². The Balaban J connectivity index is 1.37. The lowest BCUT2D eigenvalue weighted by atomic mass is 9.98. The minimum atomic E-state index is -0.599. The van der Waals surface area contributed by atoms with E-state index in [0.717, 1.165) is 12.8 Å². The first-order chi connectivity index (χ1) is 15.5. The van der Waals surface area contributed by atoms with E-state index in [2.05, 4.69) is 15.5 Å². The van der Waals surface area contributed by atoms with Crippen LogP contribution in [0.15, 0.2) is 54.6 Å². The predicted molar refractivity (Wildman–Crippen MR) is 119 cm³/mol. The van der Waals surface area contributed by atoms with Gasteiger partial charge < -0.3 is 15.0 Å². The number of para-hydroxylation sites is 1. The quantitative estimate of drug-likeness (QED) is 0.606. The Morgan fingerprint density at radius 2 is 2.00 bits per heavy atom. The van der Waals surface area contributed by atoms with Gasteiger partial charge in [-0.15, -0.1) is 10.2 Å². The molecule has 32 heavy (non-hydrogen) atoms. The van der Waals surface area contributed by atoms with Gasteiger partial charge in [0.25, 0.3) is 11.8 Å². The third kappa shape index (κ3) is 5.28. The number of amides is 2. The van der Waals surface area contributed by atoms with Gasteiger partial charge >= 0.3 is 0 Å². The topological polar surface area (TPSA) is 84.4 Å². The van der Waals surface area contributed by atoms with E-state index < -0.39 is 17.8 Å². The third-order valence-electron chi connectivity index (χ3n) is 5.20. The highest BCUT2D eigenvalue weighted by Gasteiger charge is 2.30. The Labute approximate surface area is 189 Å². The summed E-state index contributed by atoms with van der Waals surface area (Å²) in [5.41, 5.74) is 0.355. The lowest BCUT2D eigenvalue weighted by Crippen LogP contribution is -2.45. The summed E-state index contributed by atoms with van der Waals surface area (Å²) in [5.74, 6) is -0.289. The normalized spacial score (nSPS) is 16.9. The molecule has 2 heterocycles. The molecule has 166 valence electrons. The lowest BCUT2D eigenvalue weighted by molar-refractivity contribution is -0.139. The highest BCUT2D eigenvalue weighted by molar-refractivity contribution is 7.13. The molecule has 7 nitrogen and oxygen atoms in total. The van der Waals surface area contributed by atoms with E-state index in [1.807, 2.05) is 30.3 Å². The largest absolute Gasteiger partial charge is 0.481 e. The monoisotopic (exact) mass is 454 g/mol. The Kier molecular flexibility index (Phi) is 6.75. The van der Waals surface area contributed by atoms with Crippen LogP contribution in [0.1, 0.15) is 40.5 Å². The molecule has 0 aliphatic carbocycles. The SMILES string of the molecule is CC(Oc1ccccc1)C(=O)N1CCCC(c2nnc(C(=O)Nc3cccc(F)c3)s2)C1. The third-order valence-corrected chi connectivity index (χ3v) is 6.29. The molecular weight excluding hydrogens is 431 g/mol. The molecule has 2 unspecified atom stereocenters. The fourth-order valence-electron chi connectivity index (χ4n) is 3.63. The van der Waals surface area contributed by atoms with Gasteiger partial charge in [0.2, 0.25) is 5.01 Å². The van der Waals surface area contributed by atoms with E-state index in [1.54, 1.807) is 17.9 Å². The van der Waals surface area contributed by atoms with Crippen molar-refractivity contribution < 1.29 is 18.7 Å². The van der Waals surface area contributed by atoms with Crippen molar-refractivity contribution in [3.63, 3.8) is 0 Å². The molecule has 2 atom stereocenters. The van der Waals surface area contributed by atoms with E-state index in [-0.39, 0.29) is 16.8 Å². The molecular formula is C23H23FN4O3S. The highest BCUT2D eigenvalue weighted by atomic mass is 32.1. The summed E-state index contributed by atoms with van der Waals surface area (Å²) in [4.78, 5) is 27.1. The molecule has 0 spiro atoms. The van der Waals surface area contributed by atoms with Crippen molar-refractivity contribution in [2.45, 2.75) is 31.8 Å². The van der Waals surface area contributed by atoms with E-state index >= 15 is 0 Å². The van der Waals surface area contributed by atoms with Crippen molar-refractivity contribution in [3.05, 3.63) is 70.4 Å². The number of benzene rings is 2. The molecule has 1 fully saturated rings. The summed E-state index contributed by atoms with van der Waals surface area (Å²) in [6.07, 6.45) is 1.09. The molecule has 0 saturated carbocycles. The van der Waals surface area contributed by atoms with Crippen molar-refractivity contribution in [1.82, 2.24) is 15.1 Å². The zero-order valence-corrected chi connectivity index (χ0v) is 18.3. The molecule has 1 N–H and O–H groups in total. The first kappa shape index (κ1) is 21.9. The maximum Gasteiger partial charge on any atom is 0.286 e. The van der Waals surface area contributed by atoms with Crippen LogP contribution in [0.2, 0.25) is 0 Å². The minimum Gasteiger partial charge on any atom is -0.481 e. The summed E-state index contributed by atoms with van der Waals surface area (Å²) in [6.45, 7) is 2.91. The molecule has 1 aliphatic rings. The van der Waals surface area contributed by atoms with Crippen molar-refractivity contribution in [2.24, 2.45) is 0 Å². The number of hydrogen-bond donors (Lipinski definition) is 1. The average molecular weight is 455 g/mol. The number of anilines is 1.